The van der Waals surface area contributed by atoms with Crippen molar-refractivity contribution in [3.8, 4) is 5.88 Å². The Morgan fingerprint density at radius 1 is 1.20 bits per heavy atom. The predicted octanol–water partition coefficient (Wildman–Crippen LogP) is 3.62. The van der Waals surface area contributed by atoms with Crippen molar-refractivity contribution in [3.63, 3.8) is 0 Å². The van der Waals surface area contributed by atoms with Gasteiger partial charge in [-0.05, 0) is 43.5 Å². The van der Waals surface area contributed by atoms with Gasteiger partial charge in [-0.1, -0.05) is 25.8 Å². The van der Waals surface area contributed by atoms with Gasteiger partial charge in [0, 0.05) is 36.7 Å². The first kappa shape index (κ1) is 21.6. The molecule has 0 spiro atoms. The molecule has 7 heteroatoms. The molecule has 1 unspecified atom stereocenters. The predicted molar refractivity (Wildman–Crippen MR) is 118 cm³/mol. The van der Waals surface area contributed by atoms with E-state index in [0.29, 0.717) is 17.9 Å². The summed E-state index contributed by atoms with van der Waals surface area (Å²) in [5.74, 6) is -0.103. The lowest BCUT2D eigenvalue weighted by Crippen LogP contribution is -2.43. The molecule has 3 rings (SSSR count). The third-order valence-electron chi connectivity index (χ3n) is 5.26. The minimum Gasteiger partial charge on any atom is -0.481 e. The fourth-order valence-corrected chi connectivity index (χ4v) is 3.54. The zero-order valence-corrected chi connectivity index (χ0v) is 17.7. The van der Waals surface area contributed by atoms with Gasteiger partial charge in [0.05, 0.1) is 12.7 Å². The van der Waals surface area contributed by atoms with Crippen molar-refractivity contribution in [3.05, 3.63) is 48.2 Å². The zero-order valence-electron chi connectivity index (χ0n) is 17.7. The van der Waals surface area contributed by atoms with E-state index in [-0.39, 0.29) is 11.8 Å². The topological polar surface area (TPSA) is 83.6 Å². The van der Waals surface area contributed by atoms with E-state index in [0.717, 1.165) is 37.3 Å². The number of carbonyl (C=O) groups excluding carboxylic acids is 2. The molecular formula is C23H30N4O3. The van der Waals surface area contributed by atoms with E-state index in [4.69, 9.17) is 4.74 Å². The van der Waals surface area contributed by atoms with Crippen LogP contribution in [0.5, 0.6) is 5.88 Å². The van der Waals surface area contributed by atoms with Crippen LogP contribution in [-0.2, 0) is 4.79 Å². The van der Waals surface area contributed by atoms with Crippen LogP contribution in [0.1, 0.15) is 49.4 Å². The maximum atomic E-state index is 12.9. The molecule has 0 saturated carbocycles. The average Bonchev–Trinajstić information content (AvgIpc) is 3.31. The Balaban J connectivity index is 1.67. The number of amides is 2. The van der Waals surface area contributed by atoms with E-state index in [9.17, 15) is 9.59 Å². The second kappa shape index (κ2) is 10.6. The van der Waals surface area contributed by atoms with Gasteiger partial charge < -0.3 is 20.3 Å². The molecule has 1 atom stereocenters. The quantitative estimate of drug-likeness (QED) is 0.660. The fraction of sp³-hybridized carbons (Fsp3) is 0.435. The lowest BCUT2D eigenvalue weighted by Gasteiger charge is -2.21. The zero-order chi connectivity index (χ0) is 21.3. The molecule has 1 aromatic heterocycles. The Kier molecular flexibility index (Phi) is 7.65. The SMILES string of the molecule is CCCCC(NC(=O)c1ccc(OC)nc1)C(=O)Nc1cccc(N2CCCC2)c1. The van der Waals surface area contributed by atoms with E-state index >= 15 is 0 Å². The summed E-state index contributed by atoms with van der Waals surface area (Å²) in [7, 11) is 1.52. The number of nitrogens with one attached hydrogen (secondary N) is 2. The first-order chi connectivity index (χ1) is 14.6. The Hall–Kier alpha value is -3.09. The number of rotatable bonds is 9. The third kappa shape index (κ3) is 5.72. The summed E-state index contributed by atoms with van der Waals surface area (Å²) in [6.07, 6.45) is 6.19. The van der Waals surface area contributed by atoms with Crippen LogP contribution in [0.2, 0.25) is 0 Å². The van der Waals surface area contributed by atoms with Gasteiger partial charge >= 0.3 is 0 Å². The molecule has 0 bridgehead atoms. The summed E-state index contributed by atoms with van der Waals surface area (Å²) in [6.45, 7) is 4.15. The van der Waals surface area contributed by atoms with Gasteiger partial charge in [-0.25, -0.2) is 4.98 Å². The summed E-state index contributed by atoms with van der Waals surface area (Å²) >= 11 is 0. The largest absolute Gasteiger partial charge is 0.481 e. The number of anilines is 2. The second-order valence-corrected chi connectivity index (χ2v) is 7.49. The maximum Gasteiger partial charge on any atom is 0.253 e. The molecule has 2 heterocycles. The van der Waals surface area contributed by atoms with Gasteiger partial charge in [0.2, 0.25) is 11.8 Å². The highest BCUT2D eigenvalue weighted by atomic mass is 16.5. The molecule has 1 aliphatic rings. The van der Waals surface area contributed by atoms with Gasteiger partial charge in [-0.2, -0.15) is 0 Å². The Labute approximate surface area is 177 Å². The van der Waals surface area contributed by atoms with E-state index < -0.39 is 6.04 Å². The smallest absolute Gasteiger partial charge is 0.253 e. The van der Waals surface area contributed by atoms with E-state index in [1.807, 2.05) is 18.2 Å². The summed E-state index contributed by atoms with van der Waals surface area (Å²) in [5, 5.41) is 5.83. The van der Waals surface area contributed by atoms with Crippen molar-refractivity contribution in [2.45, 2.75) is 45.1 Å². The third-order valence-corrected chi connectivity index (χ3v) is 5.26. The summed E-state index contributed by atoms with van der Waals surface area (Å²) in [4.78, 5) is 31.9. The summed E-state index contributed by atoms with van der Waals surface area (Å²) in [5.41, 5.74) is 2.25. The lowest BCUT2D eigenvalue weighted by molar-refractivity contribution is -0.118. The molecule has 0 radical (unpaired) electrons. The molecule has 0 aliphatic carbocycles. The van der Waals surface area contributed by atoms with Crippen LogP contribution in [-0.4, -0.2) is 43.0 Å². The summed E-state index contributed by atoms with van der Waals surface area (Å²) < 4.78 is 5.02. The van der Waals surface area contributed by atoms with E-state index in [1.54, 1.807) is 12.1 Å². The van der Waals surface area contributed by atoms with Gasteiger partial charge in [0.1, 0.15) is 6.04 Å². The van der Waals surface area contributed by atoms with Crippen molar-refractivity contribution >= 4 is 23.2 Å². The molecule has 2 amide bonds. The van der Waals surface area contributed by atoms with Crippen molar-refractivity contribution in [1.29, 1.82) is 0 Å². The van der Waals surface area contributed by atoms with E-state index in [2.05, 4.69) is 33.5 Å². The number of unbranched alkanes of at least 4 members (excludes halogenated alkanes) is 1. The van der Waals surface area contributed by atoms with Crippen LogP contribution in [0.4, 0.5) is 11.4 Å². The highest BCUT2D eigenvalue weighted by molar-refractivity contribution is 6.01. The average molecular weight is 411 g/mol. The number of pyridine rings is 1. The molecule has 1 aromatic carbocycles. The number of hydrogen-bond acceptors (Lipinski definition) is 5. The minimum absolute atomic E-state index is 0.211. The first-order valence-electron chi connectivity index (χ1n) is 10.6. The number of carbonyl (C=O) groups is 2. The van der Waals surface area contributed by atoms with Crippen LogP contribution < -0.4 is 20.3 Å². The van der Waals surface area contributed by atoms with Crippen LogP contribution in [0.3, 0.4) is 0 Å². The Morgan fingerprint density at radius 2 is 2.00 bits per heavy atom. The van der Waals surface area contributed by atoms with Gasteiger partial charge in [-0.15, -0.1) is 0 Å². The molecule has 30 heavy (non-hydrogen) atoms. The van der Waals surface area contributed by atoms with Gasteiger partial charge in [0.15, 0.2) is 0 Å². The van der Waals surface area contributed by atoms with Gasteiger partial charge in [0.25, 0.3) is 5.91 Å². The molecule has 160 valence electrons. The standard InChI is InChI=1S/C23H30N4O3/c1-3-4-10-20(26-22(28)17-11-12-21(30-2)24-16-17)23(29)25-18-8-7-9-19(15-18)27-13-5-6-14-27/h7-9,11-12,15-16,20H,3-6,10,13-14H2,1-2H3,(H,25,29)(H,26,28). The van der Waals surface area contributed by atoms with Crippen molar-refractivity contribution in [1.82, 2.24) is 10.3 Å². The maximum absolute atomic E-state index is 12.9. The van der Waals surface area contributed by atoms with E-state index in [1.165, 1.54) is 26.1 Å². The fourth-order valence-electron chi connectivity index (χ4n) is 3.54. The first-order valence-corrected chi connectivity index (χ1v) is 10.6. The number of nitrogens with zero attached hydrogens (tertiary/aromatic N) is 2. The number of methoxy groups -OCH3 is 1. The van der Waals surface area contributed by atoms with Crippen LogP contribution in [0.15, 0.2) is 42.6 Å². The normalized spacial score (nSPS) is 14.3. The highest BCUT2D eigenvalue weighted by Gasteiger charge is 2.22. The van der Waals surface area contributed by atoms with Crippen molar-refractivity contribution in [2.75, 3.05) is 30.4 Å². The number of ether oxygens (including phenoxy) is 1. The Morgan fingerprint density at radius 3 is 2.67 bits per heavy atom. The Bertz CT molecular complexity index is 848. The summed E-state index contributed by atoms with van der Waals surface area (Å²) in [6, 6.07) is 10.5. The highest BCUT2D eigenvalue weighted by Crippen LogP contribution is 2.23. The number of hydrogen-bond donors (Lipinski definition) is 2. The monoisotopic (exact) mass is 410 g/mol. The lowest BCUT2D eigenvalue weighted by atomic mass is 10.1. The van der Waals surface area contributed by atoms with Crippen LogP contribution in [0, 0.1) is 0 Å². The van der Waals surface area contributed by atoms with Crippen molar-refractivity contribution in [2.24, 2.45) is 0 Å². The number of benzene rings is 1. The molecule has 1 aliphatic heterocycles. The second-order valence-electron chi connectivity index (χ2n) is 7.49. The molecular weight excluding hydrogens is 380 g/mol. The number of aromatic nitrogens is 1. The van der Waals surface area contributed by atoms with Crippen LogP contribution >= 0.6 is 0 Å². The molecule has 1 fully saturated rings. The molecule has 7 nitrogen and oxygen atoms in total. The molecule has 2 N–H and O–H groups in total. The molecule has 1 saturated heterocycles. The minimum atomic E-state index is -0.616. The van der Waals surface area contributed by atoms with Gasteiger partial charge in [-0.3, -0.25) is 9.59 Å². The van der Waals surface area contributed by atoms with Crippen LogP contribution in [0.25, 0.3) is 0 Å². The van der Waals surface area contributed by atoms with Crippen molar-refractivity contribution < 1.29 is 14.3 Å². The molecule has 2 aromatic rings.